The first-order valence-corrected chi connectivity index (χ1v) is 11.3. The van der Waals surface area contributed by atoms with Gasteiger partial charge in [-0.1, -0.05) is 77.6 Å². The van der Waals surface area contributed by atoms with Crippen LogP contribution in [0.2, 0.25) is 20.1 Å². The Morgan fingerprint density at radius 2 is 1.16 bits per heavy atom. The zero-order chi connectivity index (χ0) is 22.8. The van der Waals surface area contributed by atoms with Crippen molar-refractivity contribution in [3.8, 4) is 0 Å². The van der Waals surface area contributed by atoms with Gasteiger partial charge in [0.05, 0.1) is 20.1 Å². The van der Waals surface area contributed by atoms with Crippen LogP contribution in [0.5, 0.6) is 0 Å². The minimum atomic E-state index is 0.00959. The molecule has 0 fully saturated rings. The molecule has 0 amide bonds. The van der Waals surface area contributed by atoms with Crippen LogP contribution in [-0.4, -0.2) is 36.1 Å². The Morgan fingerprint density at radius 3 is 1.52 bits per heavy atom. The fourth-order valence-corrected chi connectivity index (χ4v) is 3.35. The van der Waals surface area contributed by atoms with Gasteiger partial charge in [0.15, 0.2) is 11.6 Å². The van der Waals surface area contributed by atoms with Crippen LogP contribution in [0.25, 0.3) is 12.2 Å². The van der Waals surface area contributed by atoms with Crippen LogP contribution in [0, 0.1) is 0 Å². The predicted molar refractivity (Wildman–Crippen MR) is 132 cm³/mol. The second kappa shape index (κ2) is 13.0. The average Bonchev–Trinajstić information content (AvgIpc) is 2.75. The second-order valence-corrected chi connectivity index (χ2v) is 8.51. The summed E-state index contributed by atoms with van der Waals surface area (Å²) in [4.78, 5) is 26.4. The second-order valence-electron chi connectivity index (χ2n) is 6.88. The Kier molecular flexibility index (Phi) is 10.8. The summed E-state index contributed by atoms with van der Waals surface area (Å²) in [6.07, 6.45) is 7.27. The molecule has 0 heterocycles. The van der Waals surface area contributed by atoms with Gasteiger partial charge in [0.2, 0.25) is 0 Å². The molecule has 0 bridgehead atoms. The third-order valence-electron chi connectivity index (χ3n) is 4.61. The summed E-state index contributed by atoms with van der Waals surface area (Å²) in [5, 5.41) is 1.85. The molecule has 0 aliphatic carbocycles. The van der Waals surface area contributed by atoms with Gasteiger partial charge in [-0.25, -0.2) is 0 Å². The molecule has 2 aromatic carbocycles. The van der Waals surface area contributed by atoms with Crippen LogP contribution in [0.4, 0.5) is 0 Å². The first-order valence-electron chi connectivity index (χ1n) is 9.82. The molecule has 0 aliphatic heterocycles. The smallest absolute Gasteiger partial charge is 0.156 e. The van der Waals surface area contributed by atoms with Crippen LogP contribution in [0.15, 0.2) is 48.6 Å². The van der Waals surface area contributed by atoms with Crippen molar-refractivity contribution in [2.45, 2.75) is 19.8 Å². The van der Waals surface area contributed by atoms with E-state index in [1.807, 2.05) is 6.92 Å². The highest BCUT2D eigenvalue weighted by atomic mass is 35.5. The number of rotatable bonds is 11. The Labute approximate surface area is 203 Å². The molecule has 0 aliphatic rings. The Bertz CT molecular complexity index is 908. The molecule has 31 heavy (non-hydrogen) atoms. The fraction of sp³-hybridized carbons (Fsp3) is 0.250. The molecule has 164 valence electrons. The number of halogens is 4. The monoisotopic (exact) mass is 497 g/mol. The minimum absolute atomic E-state index is 0.00959. The lowest BCUT2D eigenvalue weighted by molar-refractivity contribution is -0.114. The summed E-state index contributed by atoms with van der Waals surface area (Å²) in [6, 6.07) is 10.4. The highest BCUT2D eigenvalue weighted by Gasteiger charge is 2.07. The average molecular weight is 499 g/mol. The summed E-state index contributed by atoms with van der Waals surface area (Å²) in [5.74, 6) is 0.0192. The van der Waals surface area contributed by atoms with Crippen molar-refractivity contribution >= 4 is 70.1 Å². The molecule has 0 aromatic heterocycles. The van der Waals surface area contributed by atoms with E-state index in [1.165, 1.54) is 0 Å². The Morgan fingerprint density at radius 1 is 0.742 bits per heavy atom. The van der Waals surface area contributed by atoms with E-state index in [2.05, 4.69) is 4.90 Å². The minimum Gasteiger partial charge on any atom is -0.303 e. The van der Waals surface area contributed by atoms with Crippen molar-refractivity contribution in [2.75, 3.05) is 19.6 Å². The largest absolute Gasteiger partial charge is 0.303 e. The van der Waals surface area contributed by atoms with E-state index in [4.69, 9.17) is 46.4 Å². The number of carbonyl (C=O) groups excluding carboxylic acids is 2. The number of hydrogen-bond donors (Lipinski definition) is 0. The molecule has 0 atom stereocenters. The quantitative estimate of drug-likeness (QED) is 0.306. The summed E-state index contributed by atoms with van der Waals surface area (Å²) < 4.78 is 0. The van der Waals surface area contributed by atoms with Gasteiger partial charge in [-0.15, -0.1) is 0 Å². The van der Waals surface area contributed by atoms with Gasteiger partial charge in [0, 0.05) is 25.9 Å². The standard InChI is InChI=1S/C24H23Cl4NO2/c1-2-29(13-11-19(30)7-3-17-5-9-21(25)23(27)15-17)14-12-20(31)8-4-18-6-10-22(26)24(28)16-18/h3-10,15-16H,2,11-14H2,1H3. The van der Waals surface area contributed by atoms with Crippen molar-refractivity contribution in [1.29, 1.82) is 0 Å². The number of carbonyl (C=O) groups is 2. The highest BCUT2D eigenvalue weighted by Crippen LogP contribution is 2.24. The Balaban J connectivity index is 1.77. The van der Waals surface area contributed by atoms with E-state index >= 15 is 0 Å². The van der Waals surface area contributed by atoms with Crippen molar-refractivity contribution < 1.29 is 9.59 Å². The molecule has 3 nitrogen and oxygen atoms in total. The van der Waals surface area contributed by atoms with Crippen molar-refractivity contribution in [2.24, 2.45) is 0 Å². The van der Waals surface area contributed by atoms with Gasteiger partial charge in [0.1, 0.15) is 0 Å². The van der Waals surface area contributed by atoms with Gasteiger partial charge in [-0.05, 0) is 54.1 Å². The molecule has 0 N–H and O–H groups in total. The zero-order valence-electron chi connectivity index (χ0n) is 17.1. The van der Waals surface area contributed by atoms with Gasteiger partial charge < -0.3 is 4.90 Å². The Hall–Kier alpha value is -1.62. The lowest BCUT2D eigenvalue weighted by Crippen LogP contribution is -2.28. The third-order valence-corrected chi connectivity index (χ3v) is 6.08. The molecule has 2 aromatic rings. The van der Waals surface area contributed by atoms with Crippen molar-refractivity contribution in [3.63, 3.8) is 0 Å². The van der Waals surface area contributed by atoms with Crippen molar-refractivity contribution in [3.05, 3.63) is 79.8 Å². The summed E-state index contributed by atoms with van der Waals surface area (Å²) in [6.45, 7) is 3.94. The number of benzene rings is 2. The van der Waals surface area contributed by atoms with Crippen LogP contribution in [-0.2, 0) is 9.59 Å². The SMILES string of the molecule is CCN(CCC(=O)C=Cc1ccc(Cl)c(Cl)c1)CCC(=O)C=Cc1ccc(Cl)c(Cl)c1. The summed E-state index contributed by atoms with van der Waals surface area (Å²) in [7, 11) is 0. The lowest BCUT2D eigenvalue weighted by Gasteiger charge is -2.18. The van der Waals surface area contributed by atoms with Gasteiger partial charge in [0.25, 0.3) is 0 Å². The summed E-state index contributed by atoms with van der Waals surface area (Å²) >= 11 is 23.7. The van der Waals surface area contributed by atoms with E-state index in [0.29, 0.717) is 46.0 Å². The lowest BCUT2D eigenvalue weighted by atomic mass is 10.1. The van der Waals surface area contributed by atoms with Crippen LogP contribution < -0.4 is 0 Å². The first-order chi connectivity index (χ1) is 14.8. The first kappa shape index (κ1) is 25.6. The number of nitrogens with zero attached hydrogens (tertiary/aromatic N) is 1. The van der Waals surface area contributed by atoms with Crippen molar-refractivity contribution in [1.82, 2.24) is 4.90 Å². The maximum atomic E-state index is 12.2. The van der Waals surface area contributed by atoms with E-state index < -0.39 is 0 Å². The molecule has 0 saturated carbocycles. The highest BCUT2D eigenvalue weighted by molar-refractivity contribution is 6.42. The number of ketones is 2. The van der Waals surface area contributed by atoms with Crippen LogP contribution in [0.1, 0.15) is 30.9 Å². The predicted octanol–water partition coefficient (Wildman–Crippen LogP) is 7.27. The van der Waals surface area contributed by atoms with E-state index in [9.17, 15) is 9.59 Å². The molecular formula is C24H23Cl4NO2. The molecular weight excluding hydrogens is 476 g/mol. The molecule has 0 spiro atoms. The number of hydrogen-bond acceptors (Lipinski definition) is 3. The fourth-order valence-electron chi connectivity index (χ4n) is 2.74. The van der Waals surface area contributed by atoms with E-state index in [1.54, 1.807) is 60.7 Å². The third kappa shape index (κ3) is 9.18. The molecule has 0 unspecified atom stereocenters. The summed E-state index contributed by atoms with van der Waals surface area (Å²) in [5.41, 5.74) is 1.63. The van der Waals surface area contributed by atoms with E-state index in [-0.39, 0.29) is 11.6 Å². The molecule has 2 rings (SSSR count). The van der Waals surface area contributed by atoms with Gasteiger partial charge in [-0.3, -0.25) is 9.59 Å². The molecule has 7 heteroatoms. The maximum Gasteiger partial charge on any atom is 0.156 e. The van der Waals surface area contributed by atoms with Gasteiger partial charge >= 0.3 is 0 Å². The molecule has 0 radical (unpaired) electrons. The van der Waals surface area contributed by atoms with E-state index in [0.717, 1.165) is 17.7 Å². The number of allylic oxidation sites excluding steroid dienone is 2. The van der Waals surface area contributed by atoms with Crippen LogP contribution in [0.3, 0.4) is 0 Å². The topological polar surface area (TPSA) is 37.4 Å². The maximum absolute atomic E-state index is 12.2. The normalized spacial score (nSPS) is 11.7. The van der Waals surface area contributed by atoms with Gasteiger partial charge in [-0.2, -0.15) is 0 Å². The zero-order valence-corrected chi connectivity index (χ0v) is 20.1. The molecule has 0 saturated heterocycles. The van der Waals surface area contributed by atoms with Crippen LogP contribution >= 0.6 is 46.4 Å².